The van der Waals surface area contributed by atoms with E-state index < -0.39 is 0 Å². The molecule has 2 heteroatoms. The molecule has 2 unspecified atom stereocenters. The van der Waals surface area contributed by atoms with Crippen molar-refractivity contribution in [2.45, 2.75) is 32.2 Å². The Balaban J connectivity index is 2.30. The van der Waals surface area contributed by atoms with Crippen molar-refractivity contribution in [3.63, 3.8) is 0 Å². The van der Waals surface area contributed by atoms with Crippen LogP contribution in [0.5, 0.6) is 0 Å². The van der Waals surface area contributed by atoms with Crippen molar-refractivity contribution in [1.82, 2.24) is 0 Å². The third-order valence-corrected chi connectivity index (χ3v) is 4.09. The summed E-state index contributed by atoms with van der Waals surface area (Å²) in [5.74, 6) is 0.319. The van der Waals surface area contributed by atoms with Crippen LogP contribution in [0.15, 0.2) is 48.5 Å². The minimum absolute atomic E-state index is 0.0227. The lowest BCUT2D eigenvalue weighted by Gasteiger charge is -2.24. The van der Waals surface area contributed by atoms with E-state index in [-0.39, 0.29) is 6.04 Å². The standard InChI is InChI=1S/C17H20ClN/c1-3-15(13-7-5-4-6-8-13)17(19)14-10-9-12(2)16(18)11-14/h4-11,15,17H,3,19H2,1-2H3. The van der Waals surface area contributed by atoms with E-state index in [9.17, 15) is 0 Å². The Morgan fingerprint density at radius 3 is 2.32 bits per heavy atom. The maximum Gasteiger partial charge on any atom is 0.0438 e. The summed E-state index contributed by atoms with van der Waals surface area (Å²) in [7, 11) is 0. The smallest absolute Gasteiger partial charge is 0.0438 e. The molecule has 0 radical (unpaired) electrons. The van der Waals surface area contributed by atoms with E-state index >= 15 is 0 Å². The fraction of sp³-hybridized carbons (Fsp3) is 0.294. The number of hydrogen-bond donors (Lipinski definition) is 1. The van der Waals surface area contributed by atoms with Crippen molar-refractivity contribution in [2.75, 3.05) is 0 Å². The highest BCUT2D eigenvalue weighted by Gasteiger charge is 2.19. The molecule has 1 nitrogen and oxygen atoms in total. The molecular weight excluding hydrogens is 254 g/mol. The molecule has 2 atom stereocenters. The van der Waals surface area contributed by atoms with Gasteiger partial charge < -0.3 is 5.73 Å². The molecule has 0 aliphatic rings. The largest absolute Gasteiger partial charge is 0.323 e. The first-order valence-electron chi connectivity index (χ1n) is 6.70. The Kier molecular flexibility index (Phi) is 4.62. The molecular formula is C17H20ClN. The van der Waals surface area contributed by atoms with E-state index in [0.717, 1.165) is 22.6 Å². The van der Waals surface area contributed by atoms with E-state index in [0.29, 0.717) is 5.92 Å². The zero-order valence-corrected chi connectivity index (χ0v) is 12.2. The molecule has 19 heavy (non-hydrogen) atoms. The summed E-state index contributed by atoms with van der Waals surface area (Å²) in [6.45, 7) is 4.18. The summed E-state index contributed by atoms with van der Waals surface area (Å²) in [6, 6.07) is 16.5. The molecule has 0 amide bonds. The highest BCUT2D eigenvalue weighted by Crippen LogP contribution is 2.33. The second-order valence-corrected chi connectivity index (χ2v) is 5.37. The minimum atomic E-state index is -0.0227. The Bertz CT molecular complexity index is 536. The number of nitrogens with two attached hydrogens (primary N) is 1. The van der Waals surface area contributed by atoms with Crippen LogP contribution in [0.2, 0.25) is 5.02 Å². The zero-order valence-electron chi connectivity index (χ0n) is 11.4. The summed E-state index contributed by atoms with van der Waals surface area (Å²) >= 11 is 6.20. The van der Waals surface area contributed by atoms with Crippen molar-refractivity contribution in [2.24, 2.45) is 5.73 Å². The summed E-state index contributed by atoms with van der Waals surface area (Å²) in [4.78, 5) is 0. The molecule has 0 fully saturated rings. The highest BCUT2D eigenvalue weighted by molar-refractivity contribution is 6.31. The fourth-order valence-corrected chi connectivity index (χ4v) is 2.63. The Morgan fingerprint density at radius 1 is 1.05 bits per heavy atom. The molecule has 0 aliphatic heterocycles. The summed E-state index contributed by atoms with van der Waals surface area (Å²) in [5, 5.41) is 0.788. The molecule has 0 heterocycles. The van der Waals surface area contributed by atoms with Crippen molar-refractivity contribution in [3.8, 4) is 0 Å². The van der Waals surface area contributed by atoms with Crippen LogP contribution in [0.1, 0.15) is 42.0 Å². The topological polar surface area (TPSA) is 26.0 Å². The monoisotopic (exact) mass is 273 g/mol. The van der Waals surface area contributed by atoms with Gasteiger partial charge in [-0.1, -0.05) is 61.0 Å². The zero-order chi connectivity index (χ0) is 13.8. The highest BCUT2D eigenvalue weighted by atomic mass is 35.5. The Labute approximate surface area is 120 Å². The van der Waals surface area contributed by atoms with Gasteiger partial charge in [0.2, 0.25) is 0 Å². The van der Waals surface area contributed by atoms with Crippen molar-refractivity contribution in [3.05, 3.63) is 70.2 Å². The van der Waals surface area contributed by atoms with Gasteiger partial charge in [-0.15, -0.1) is 0 Å². The quantitative estimate of drug-likeness (QED) is 0.847. The van der Waals surface area contributed by atoms with Crippen LogP contribution in [0, 0.1) is 6.92 Å². The number of halogens is 1. The molecule has 0 bridgehead atoms. The maximum absolute atomic E-state index is 6.44. The summed E-state index contributed by atoms with van der Waals surface area (Å²) in [5.41, 5.74) is 9.92. The van der Waals surface area contributed by atoms with Gasteiger partial charge in [0.15, 0.2) is 0 Å². The number of benzene rings is 2. The number of hydrogen-bond acceptors (Lipinski definition) is 1. The molecule has 0 aromatic heterocycles. The van der Waals surface area contributed by atoms with Crippen LogP contribution in [0.4, 0.5) is 0 Å². The molecule has 100 valence electrons. The first-order chi connectivity index (χ1) is 9.13. The van der Waals surface area contributed by atoms with E-state index in [1.165, 1.54) is 5.56 Å². The first-order valence-corrected chi connectivity index (χ1v) is 7.08. The molecule has 2 aromatic rings. The Morgan fingerprint density at radius 2 is 1.74 bits per heavy atom. The predicted molar refractivity (Wildman–Crippen MR) is 82.6 cm³/mol. The second kappa shape index (κ2) is 6.23. The molecule has 0 aliphatic carbocycles. The van der Waals surface area contributed by atoms with Crippen LogP contribution in [-0.2, 0) is 0 Å². The van der Waals surface area contributed by atoms with Crippen molar-refractivity contribution >= 4 is 11.6 Å². The molecule has 0 saturated heterocycles. The lowest BCUT2D eigenvalue weighted by atomic mass is 9.85. The van der Waals surface area contributed by atoms with E-state index in [4.69, 9.17) is 17.3 Å². The van der Waals surface area contributed by atoms with Gasteiger partial charge in [-0.3, -0.25) is 0 Å². The molecule has 2 rings (SSSR count). The maximum atomic E-state index is 6.44. The normalized spacial score (nSPS) is 14.1. The van der Waals surface area contributed by atoms with Gasteiger partial charge in [0.05, 0.1) is 0 Å². The molecule has 2 N–H and O–H groups in total. The van der Waals surface area contributed by atoms with Crippen molar-refractivity contribution < 1.29 is 0 Å². The van der Waals surface area contributed by atoms with Gasteiger partial charge in [0, 0.05) is 17.0 Å². The second-order valence-electron chi connectivity index (χ2n) is 4.96. The summed E-state index contributed by atoms with van der Waals surface area (Å²) in [6.07, 6.45) is 1.01. The molecule has 0 spiro atoms. The number of rotatable bonds is 4. The average molecular weight is 274 g/mol. The van der Waals surface area contributed by atoms with Crippen LogP contribution in [0.25, 0.3) is 0 Å². The van der Waals surface area contributed by atoms with E-state index in [1.54, 1.807) is 0 Å². The SMILES string of the molecule is CCC(c1ccccc1)C(N)c1ccc(C)c(Cl)c1. The van der Waals surface area contributed by atoms with Crippen LogP contribution in [0.3, 0.4) is 0 Å². The van der Waals surface area contributed by atoms with Gasteiger partial charge >= 0.3 is 0 Å². The molecule has 2 aromatic carbocycles. The average Bonchev–Trinajstić information content (AvgIpc) is 2.44. The third kappa shape index (κ3) is 3.17. The predicted octanol–water partition coefficient (Wildman–Crippen LogP) is 4.84. The van der Waals surface area contributed by atoms with E-state index in [1.807, 2.05) is 25.1 Å². The van der Waals surface area contributed by atoms with E-state index in [2.05, 4.69) is 37.3 Å². The van der Waals surface area contributed by atoms with Crippen LogP contribution >= 0.6 is 11.6 Å². The van der Waals surface area contributed by atoms with Gasteiger partial charge in [0.25, 0.3) is 0 Å². The number of aryl methyl sites for hydroxylation is 1. The fourth-order valence-electron chi connectivity index (χ4n) is 2.45. The van der Waals surface area contributed by atoms with Crippen LogP contribution < -0.4 is 5.73 Å². The van der Waals surface area contributed by atoms with Gasteiger partial charge in [0.1, 0.15) is 0 Å². The summed E-state index contributed by atoms with van der Waals surface area (Å²) < 4.78 is 0. The van der Waals surface area contributed by atoms with Gasteiger partial charge in [-0.25, -0.2) is 0 Å². The van der Waals surface area contributed by atoms with Gasteiger partial charge in [-0.2, -0.15) is 0 Å². The molecule has 0 saturated carbocycles. The van der Waals surface area contributed by atoms with Crippen molar-refractivity contribution in [1.29, 1.82) is 0 Å². The third-order valence-electron chi connectivity index (χ3n) is 3.68. The lowest BCUT2D eigenvalue weighted by Crippen LogP contribution is -2.19. The van der Waals surface area contributed by atoms with Gasteiger partial charge in [-0.05, 0) is 36.1 Å². The Hall–Kier alpha value is -1.31. The minimum Gasteiger partial charge on any atom is -0.323 e. The first kappa shape index (κ1) is 14.1. The van der Waals surface area contributed by atoms with Crippen LogP contribution in [-0.4, -0.2) is 0 Å². The lowest BCUT2D eigenvalue weighted by molar-refractivity contribution is 0.539.